The predicted molar refractivity (Wildman–Crippen MR) is 61.9 cm³/mol. The number of hydrogen-bond donors (Lipinski definition) is 3. The Balaban J connectivity index is 2.31. The molecule has 16 heavy (non-hydrogen) atoms. The summed E-state index contributed by atoms with van der Waals surface area (Å²) in [6.45, 7) is 2.71. The van der Waals surface area contributed by atoms with Crippen molar-refractivity contribution in [2.24, 2.45) is 5.73 Å². The van der Waals surface area contributed by atoms with Crippen LogP contribution < -0.4 is 16.8 Å². The molecule has 6 nitrogen and oxygen atoms in total. The number of aromatic nitrogens is 1. The lowest BCUT2D eigenvalue weighted by Crippen LogP contribution is -2.21. The van der Waals surface area contributed by atoms with Crippen LogP contribution in [0.1, 0.15) is 5.69 Å². The van der Waals surface area contributed by atoms with Crippen molar-refractivity contribution in [3.63, 3.8) is 0 Å². The Morgan fingerprint density at radius 2 is 2.31 bits per heavy atom. The van der Waals surface area contributed by atoms with Gasteiger partial charge in [-0.15, -0.1) is 0 Å². The van der Waals surface area contributed by atoms with Crippen molar-refractivity contribution in [3.05, 3.63) is 17.8 Å². The lowest BCUT2D eigenvalue weighted by molar-refractivity contribution is -0.122. The van der Waals surface area contributed by atoms with Crippen molar-refractivity contribution < 1.29 is 9.53 Å². The number of nitrogens with one attached hydrogen (secondary N) is 1. The highest BCUT2D eigenvalue weighted by Crippen LogP contribution is 2.14. The van der Waals surface area contributed by atoms with Gasteiger partial charge < -0.3 is 21.5 Å². The first-order chi connectivity index (χ1) is 7.59. The third-order valence-electron chi connectivity index (χ3n) is 1.85. The molecule has 0 aliphatic rings. The number of hydrogen-bond acceptors (Lipinski definition) is 5. The summed E-state index contributed by atoms with van der Waals surface area (Å²) in [5, 5.41) is 3.01. The average molecular weight is 224 g/mol. The van der Waals surface area contributed by atoms with Crippen LogP contribution >= 0.6 is 0 Å². The van der Waals surface area contributed by atoms with Crippen molar-refractivity contribution in [1.29, 1.82) is 0 Å². The maximum atomic E-state index is 10.4. The molecule has 0 aliphatic heterocycles. The minimum atomic E-state index is -0.479. The zero-order chi connectivity index (χ0) is 12.0. The summed E-state index contributed by atoms with van der Waals surface area (Å²) in [6, 6.07) is 3.62. The molecule has 1 rings (SSSR count). The Hall–Kier alpha value is -1.82. The van der Waals surface area contributed by atoms with Crippen molar-refractivity contribution >= 4 is 17.4 Å². The highest BCUT2D eigenvalue weighted by molar-refractivity contribution is 5.74. The molecular weight excluding hydrogens is 208 g/mol. The van der Waals surface area contributed by atoms with Crippen LogP contribution in [0, 0.1) is 6.92 Å². The van der Waals surface area contributed by atoms with Gasteiger partial charge in [0.25, 0.3) is 0 Å². The molecule has 5 N–H and O–H groups in total. The molecule has 0 aromatic carbocycles. The van der Waals surface area contributed by atoms with Gasteiger partial charge in [0.15, 0.2) is 0 Å². The second-order valence-corrected chi connectivity index (χ2v) is 3.34. The quantitative estimate of drug-likeness (QED) is 0.585. The van der Waals surface area contributed by atoms with Gasteiger partial charge >= 0.3 is 0 Å². The largest absolute Gasteiger partial charge is 0.396 e. The fourth-order valence-corrected chi connectivity index (χ4v) is 1.12. The van der Waals surface area contributed by atoms with Gasteiger partial charge in [-0.05, 0) is 19.1 Å². The molecule has 0 aliphatic carbocycles. The molecule has 0 bridgehead atoms. The summed E-state index contributed by atoms with van der Waals surface area (Å²) in [7, 11) is 0. The van der Waals surface area contributed by atoms with Crippen LogP contribution in [0.25, 0.3) is 0 Å². The summed E-state index contributed by atoms with van der Waals surface area (Å²) in [4.78, 5) is 14.6. The van der Waals surface area contributed by atoms with E-state index in [4.69, 9.17) is 16.2 Å². The number of aryl methyl sites for hydroxylation is 1. The molecule has 1 aromatic heterocycles. The number of carbonyl (C=O) groups excluding carboxylic acids is 1. The molecule has 0 unspecified atom stereocenters. The lowest BCUT2D eigenvalue weighted by Gasteiger charge is -2.08. The number of pyridine rings is 1. The number of primary amides is 1. The first-order valence-electron chi connectivity index (χ1n) is 4.92. The van der Waals surface area contributed by atoms with Crippen LogP contribution in [-0.4, -0.2) is 30.6 Å². The third kappa shape index (κ3) is 4.14. The molecule has 0 radical (unpaired) electrons. The summed E-state index contributed by atoms with van der Waals surface area (Å²) in [5.41, 5.74) is 12.1. The van der Waals surface area contributed by atoms with Gasteiger partial charge in [-0.25, -0.2) is 4.98 Å². The van der Waals surface area contributed by atoms with Crippen molar-refractivity contribution in [2.75, 3.05) is 30.8 Å². The first kappa shape index (κ1) is 12.3. The van der Waals surface area contributed by atoms with Gasteiger partial charge in [0, 0.05) is 12.2 Å². The van der Waals surface area contributed by atoms with E-state index in [1.54, 1.807) is 6.07 Å². The van der Waals surface area contributed by atoms with E-state index in [1.165, 1.54) is 0 Å². The Morgan fingerprint density at radius 1 is 1.56 bits per heavy atom. The second kappa shape index (κ2) is 5.92. The number of rotatable bonds is 6. The number of carbonyl (C=O) groups is 1. The predicted octanol–water partition coefficient (Wildman–Crippen LogP) is -0.114. The summed E-state index contributed by atoms with van der Waals surface area (Å²) in [5.74, 6) is 0.149. The Morgan fingerprint density at radius 3 is 3.00 bits per heavy atom. The number of nitrogens with two attached hydrogens (primary N) is 2. The van der Waals surface area contributed by atoms with Crippen LogP contribution in [0.2, 0.25) is 0 Å². The van der Waals surface area contributed by atoms with E-state index in [0.29, 0.717) is 24.7 Å². The fourth-order valence-electron chi connectivity index (χ4n) is 1.12. The van der Waals surface area contributed by atoms with Crippen LogP contribution in [0.5, 0.6) is 0 Å². The number of nitrogen functional groups attached to an aromatic ring is 1. The lowest BCUT2D eigenvalue weighted by atomic mass is 10.3. The van der Waals surface area contributed by atoms with Crippen LogP contribution in [-0.2, 0) is 9.53 Å². The average Bonchev–Trinajstić information content (AvgIpc) is 2.22. The molecule has 88 valence electrons. The standard InChI is InChI=1S/C10H16N4O2/c1-7-2-3-8(11)10(14-7)13-4-5-16-6-9(12)15/h2-3H,4-6,11H2,1H3,(H2,12,15)(H,13,14). The van der Waals surface area contributed by atoms with Gasteiger partial charge in [-0.1, -0.05) is 0 Å². The molecule has 6 heteroatoms. The van der Waals surface area contributed by atoms with Crippen molar-refractivity contribution in [3.8, 4) is 0 Å². The highest BCUT2D eigenvalue weighted by Gasteiger charge is 2.00. The summed E-state index contributed by atoms with van der Waals surface area (Å²) in [6.07, 6.45) is 0. The second-order valence-electron chi connectivity index (χ2n) is 3.34. The molecule has 0 spiro atoms. The Bertz CT molecular complexity index is 368. The van der Waals surface area contributed by atoms with E-state index in [0.717, 1.165) is 5.69 Å². The topological polar surface area (TPSA) is 103 Å². The van der Waals surface area contributed by atoms with Crippen LogP contribution in [0.4, 0.5) is 11.5 Å². The number of ether oxygens (including phenoxy) is 1. The van der Waals surface area contributed by atoms with E-state index in [-0.39, 0.29) is 6.61 Å². The Kier molecular flexibility index (Phi) is 4.53. The van der Waals surface area contributed by atoms with Crippen molar-refractivity contribution in [1.82, 2.24) is 4.98 Å². The van der Waals surface area contributed by atoms with E-state index in [1.807, 2.05) is 13.0 Å². The highest BCUT2D eigenvalue weighted by atomic mass is 16.5. The first-order valence-corrected chi connectivity index (χ1v) is 4.92. The molecule has 1 amide bonds. The van der Waals surface area contributed by atoms with E-state index >= 15 is 0 Å². The van der Waals surface area contributed by atoms with Gasteiger partial charge in [0.1, 0.15) is 12.4 Å². The molecule has 0 fully saturated rings. The number of amides is 1. The minimum absolute atomic E-state index is 0.0710. The van der Waals surface area contributed by atoms with Crippen molar-refractivity contribution in [2.45, 2.75) is 6.92 Å². The number of nitrogens with zero attached hydrogens (tertiary/aromatic N) is 1. The third-order valence-corrected chi connectivity index (χ3v) is 1.85. The zero-order valence-corrected chi connectivity index (χ0v) is 9.19. The van der Waals surface area contributed by atoms with Gasteiger partial charge in [-0.2, -0.15) is 0 Å². The van der Waals surface area contributed by atoms with E-state index < -0.39 is 5.91 Å². The normalized spacial score (nSPS) is 10.1. The van der Waals surface area contributed by atoms with Gasteiger partial charge in [0.2, 0.25) is 5.91 Å². The van der Waals surface area contributed by atoms with Crippen LogP contribution in [0.15, 0.2) is 12.1 Å². The molecular formula is C10H16N4O2. The van der Waals surface area contributed by atoms with Gasteiger partial charge in [0.05, 0.1) is 12.3 Å². The molecule has 0 saturated carbocycles. The summed E-state index contributed by atoms with van der Waals surface area (Å²) >= 11 is 0. The van der Waals surface area contributed by atoms with E-state index in [9.17, 15) is 4.79 Å². The Labute approximate surface area is 94.0 Å². The zero-order valence-electron chi connectivity index (χ0n) is 9.19. The monoisotopic (exact) mass is 224 g/mol. The number of anilines is 2. The maximum Gasteiger partial charge on any atom is 0.243 e. The van der Waals surface area contributed by atoms with Gasteiger partial charge in [-0.3, -0.25) is 4.79 Å². The molecule has 0 atom stereocenters. The molecule has 0 saturated heterocycles. The maximum absolute atomic E-state index is 10.4. The SMILES string of the molecule is Cc1ccc(N)c(NCCOCC(N)=O)n1. The van der Waals surface area contributed by atoms with E-state index in [2.05, 4.69) is 10.3 Å². The minimum Gasteiger partial charge on any atom is -0.396 e. The summed E-state index contributed by atoms with van der Waals surface area (Å²) < 4.78 is 4.98. The molecule has 1 aromatic rings. The fraction of sp³-hybridized carbons (Fsp3) is 0.400. The van der Waals surface area contributed by atoms with Crippen LogP contribution in [0.3, 0.4) is 0 Å². The smallest absolute Gasteiger partial charge is 0.243 e. The molecule has 1 heterocycles.